The van der Waals surface area contributed by atoms with Crippen LogP contribution in [0.25, 0.3) is 0 Å². The van der Waals surface area contributed by atoms with E-state index in [1.807, 2.05) is 18.2 Å². The fraction of sp³-hybridized carbons (Fsp3) is 0.269. The third-order valence-corrected chi connectivity index (χ3v) is 7.71. The van der Waals surface area contributed by atoms with E-state index in [1.165, 1.54) is 36.0 Å². The highest BCUT2D eigenvalue weighted by atomic mass is 32.2. The molecule has 188 valence electrons. The van der Waals surface area contributed by atoms with Gasteiger partial charge in [0.25, 0.3) is 5.91 Å². The summed E-state index contributed by atoms with van der Waals surface area (Å²) in [5.41, 5.74) is 1.90. The highest BCUT2D eigenvalue weighted by molar-refractivity contribution is 7.89. The monoisotopic (exact) mass is 498 g/mol. The lowest BCUT2D eigenvalue weighted by molar-refractivity contribution is -0.115. The lowest BCUT2D eigenvalue weighted by atomic mass is 9.50. The van der Waals surface area contributed by atoms with Gasteiger partial charge in [0.05, 0.1) is 17.0 Å². The lowest BCUT2D eigenvalue weighted by Gasteiger charge is -2.61. The summed E-state index contributed by atoms with van der Waals surface area (Å²) in [7, 11) is -3.56. The van der Waals surface area contributed by atoms with Crippen LogP contribution in [0.4, 0.5) is 5.69 Å². The van der Waals surface area contributed by atoms with Crippen LogP contribution in [-0.4, -0.2) is 37.3 Å². The molecule has 3 aliphatic carbocycles. The standard InChI is InChI=1S/C19H20N4O4S.C7H8.3H2/c24-17(12-21-18(25)14-2-1-7-20-11-14)22-15-3-5-16(6-4-15)28(26,27)23-19-8-13(9-19)10-19;1-7-5-3-2-4-6-7;;;/h1-7,11,13,23H,8-10,12H2,(H,21,25)(H,22,24);2-6H,1H3;3*1H. The Labute approximate surface area is 209 Å². The average Bonchev–Trinajstić information content (AvgIpc) is 2.81. The van der Waals surface area contributed by atoms with E-state index < -0.39 is 21.8 Å². The van der Waals surface area contributed by atoms with E-state index in [0.717, 1.165) is 19.3 Å². The number of hydrogen-bond acceptors (Lipinski definition) is 5. The van der Waals surface area contributed by atoms with Crippen LogP contribution < -0.4 is 15.4 Å². The van der Waals surface area contributed by atoms with Gasteiger partial charge in [0.15, 0.2) is 0 Å². The smallest absolute Gasteiger partial charge is 0.253 e. The lowest BCUT2D eigenvalue weighted by Crippen LogP contribution is -2.67. The number of carbonyl (C=O) groups is 2. The molecule has 3 aliphatic rings. The van der Waals surface area contributed by atoms with Crippen LogP contribution >= 0.6 is 0 Å². The van der Waals surface area contributed by atoms with Crippen LogP contribution in [0, 0.1) is 12.8 Å². The number of benzene rings is 2. The highest BCUT2D eigenvalue weighted by Gasteiger charge is 2.58. The molecule has 2 aromatic carbocycles. The van der Waals surface area contributed by atoms with E-state index in [-0.39, 0.29) is 21.3 Å². The van der Waals surface area contributed by atoms with Crippen molar-refractivity contribution < 1.29 is 22.3 Å². The number of amides is 2. The zero-order valence-corrected chi connectivity index (χ0v) is 20.2. The molecule has 0 saturated heterocycles. The van der Waals surface area contributed by atoms with Crippen LogP contribution in [0.3, 0.4) is 0 Å². The highest BCUT2D eigenvalue weighted by Crippen LogP contribution is 2.57. The summed E-state index contributed by atoms with van der Waals surface area (Å²) in [4.78, 5) is 27.9. The Morgan fingerprint density at radius 3 is 2.20 bits per heavy atom. The number of rotatable bonds is 7. The third-order valence-electron chi connectivity index (χ3n) is 6.11. The molecule has 3 saturated carbocycles. The van der Waals surface area contributed by atoms with E-state index >= 15 is 0 Å². The maximum Gasteiger partial charge on any atom is 0.253 e. The Kier molecular flexibility index (Phi) is 7.28. The molecule has 0 radical (unpaired) electrons. The van der Waals surface area contributed by atoms with Crippen molar-refractivity contribution in [3.05, 3.63) is 90.3 Å². The van der Waals surface area contributed by atoms with Crippen molar-refractivity contribution in [3.63, 3.8) is 0 Å². The normalized spacial score (nSPS) is 19.7. The Bertz CT molecular complexity index is 1280. The number of anilines is 1. The van der Waals surface area contributed by atoms with Gasteiger partial charge in [-0.2, -0.15) is 0 Å². The van der Waals surface area contributed by atoms with Crippen molar-refractivity contribution in [1.82, 2.24) is 15.0 Å². The summed E-state index contributed by atoms with van der Waals surface area (Å²) >= 11 is 0. The van der Waals surface area contributed by atoms with E-state index in [2.05, 4.69) is 39.4 Å². The van der Waals surface area contributed by atoms with E-state index in [4.69, 9.17) is 0 Å². The number of aryl methyl sites for hydroxylation is 1. The van der Waals surface area contributed by atoms with Crippen molar-refractivity contribution >= 4 is 27.5 Å². The number of carbonyl (C=O) groups excluding carboxylic acids is 2. The minimum absolute atomic E-state index is 0. The van der Waals surface area contributed by atoms with Crippen LogP contribution in [0.5, 0.6) is 0 Å². The summed E-state index contributed by atoms with van der Waals surface area (Å²) < 4.78 is 27.7. The summed E-state index contributed by atoms with van der Waals surface area (Å²) in [5, 5.41) is 5.12. The van der Waals surface area contributed by atoms with E-state index in [9.17, 15) is 18.0 Å². The van der Waals surface area contributed by atoms with Gasteiger partial charge >= 0.3 is 0 Å². The molecule has 9 heteroatoms. The molecule has 0 atom stereocenters. The second-order valence-electron chi connectivity index (χ2n) is 9.02. The molecule has 2 bridgehead atoms. The molecule has 6 rings (SSSR count). The maximum atomic E-state index is 12.5. The first-order valence-electron chi connectivity index (χ1n) is 11.4. The predicted molar refractivity (Wildman–Crippen MR) is 140 cm³/mol. The molecule has 0 unspecified atom stereocenters. The number of nitrogens with zero attached hydrogens (tertiary/aromatic N) is 1. The maximum absolute atomic E-state index is 12.5. The second kappa shape index (κ2) is 10.4. The SMILES string of the molecule is Cc1ccccc1.O=C(CNC(=O)c1cccnc1)Nc1ccc(S(=O)(=O)NC23CC(C2)C3)cc1.[HH].[HH].[HH]. The molecule has 3 fully saturated rings. The summed E-state index contributed by atoms with van der Waals surface area (Å²) in [6.07, 6.45) is 5.73. The summed E-state index contributed by atoms with van der Waals surface area (Å²) in [5.74, 6) is -0.136. The van der Waals surface area contributed by atoms with E-state index in [1.54, 1.807) is 18.3 Å². The van der Waals surface area contributed by atoms with Crippen molar-refractivity contribution in [1.29, 1.82) is 0 Å². The van der Waals surface area contributed by atoms with Gasteiger partial charge in [-0.05, 0) is 68.5 Å². The van der Waals surface area contributed by atoms with Crippen molar-refractivity contribution in [3.8, 4) is 0 Å². The van der Waals surface area contributed by atoms with Gasteiger partial charge in [0.2, 0.25) is 15.9 Å². The molecule has 1 heterocycles. The topological polar surface area (TPSA) is 117 Å². The molecular formula is C26H34N4O4S. The van der Waals surface area contributed by atoms with Gasteiger partial charge in [-0.15, -0.1) is 0 Å². The first kappa shape index (κ1) is 24.6. The number of pyridine rings is 1. The van der Waals surface area contributed by atoms with Gasteiger partial charge in [0.1, 0.15) is 0 Å². The Balaban J connectivity index is 0.000000632. The van der Waals surface area contributed by atoms with E-state index in [0.29, 0.717) is 17.2 Å². The van der Waals surface area contributed by atoms with Gasteiger partial charge in [0, 0.05) is 27.9 Å². The van der Waals surface area contributed by atoms with Crippen LogP contribution in [0.15, 0.2) is 84.0 Å². The molecular weight excluding hydrogens is 464 g/mol. The molecule has 2 amide bonds. The molecule has 0 aliphatic heterocycles. The fourth-order valence-corrected chi connectivity index (χ4v) is 5.60. The average molecular weight is 499 g/mol. The Morgan fingerprint density at radius 1 is 1.00 bits per heavy atom. The number of aromatic nitrogens is 1. The van der Waals surface area contributed by atoms with Crippen molar-refractivity contribution in [2.75, 3.05) is 11.9 Å². The van der Waals surface area contributed by atoms with Gasteiger partial charge in [-0.3, -0.25) is 14.6 Å². The Morgan fingerprint density at radius 2 is 1.69 bits per heavy atom. The number of nitrogens with one attached hydrogen (secondary N) is 3. The van der Waals surface area contributed by atoms with Gasteiger partial charge in [-0.1, -0.05) is 35.9 Å². The van der Waals surface area contributed by atoms with Crippen LogP contribution in [0.2, 0.25) is 0 Å². The summed E-state index contributed by atoms with van der Waals surface area (Å²) in [6, 6.07) is 19.5. The molecule has 0 spiro atoms. The Hall–Kier alpha value is -3.56. The fourth-order valence-electron chi connectivity index (χ4n) is 4.16. The van der Waals surface area contributed by atoms with Gasteiger partial charge < -0.3 is 10.6 Å². The predicted octanol–water partition coefficient (Wildman–Crippen LogP) is 4.01. The number of sulfonamides is 1. The molecule has 35 heavy (non-hydrogen) atoms. The first-order chi connectivity index (χ1) is 16.7. The molecule has 8 nitrogen and oxygen atoms in total. The van der Waals surface area contributed by atoms with Crippen molar-refractivity contribution in [2.24, 2.45) is 5.92 Å². The molecule has 3 N–H and O–H groups in total. The van der Waals surface area contributed by atoms with Crippen LogP contribution in [-0.2, 0) is 14.8 Å². The van der Waals surface area contributed by atoms with Crippen molar-refractivity contribution in [2.45, 2.75) is 36.6 Å². The quantitative estimate of drug-likeness (QED) is 0.455. The van der Waals surface area contributed by atoms with Gasteiger partial charge in [-0.25, -0.2) is 13.1 Å². The zero-order chi connectivity index (χ0) is 24.9. The minimum Gasteiger partial charge on any atom is -0.343 e. The third kappa shape index (κ3) is 6.32. The second-order valence-corrected chi connectivity index (χ2v) is 10.7. The largest absolute Gasteiger partial charge is 0.343 e. The van der Waals surface area contributed by atoms with Crippen LogP contribution in [0.1, 0.15) is 39.5 Å². The zero-order valence-electron chi connectivity index (χ0n) is 19.4. The molecule has 3 aromatic rings. The molecule has 1 aromatic heterocycles. The first-order valence-corrected chi connectivity index (χ1v) is 12.9. The minimum atomic E-state index is -3.56. The summed E-state index contributed by atoms with van der Waals surface area (Å²) in [6.45, 7) is 1.87. The number of hydrogen-bond donors (Lipinski definition) is 3.